The van der Waals surface area contributed by atoms with Gasteiger partial charge in [-0.05, 0) is 43.5 Å². The molecule has 32 heavy (non-hydrogen) atoms. The van der Waals surface area contributed by atoms with E-state index in [1.807, 2.05) is 49.4 Å². The maximum absolute atomic E-state index is 9.86. The number of H-pyrrole nitrogens is 1. The molecule has 3 aromatic rings. The van der Waals surface area contributed by atoms with Crippen LogP contribution in [0.4, 0.5) is 17.5 Å². The quantitative estimate of drug-likeness (QED) is 0.517. The molecular formula is C23H28N6O3. The van der Waals surface area contributed by atoms with Gasteiger partial charge in [0.2, 0.25) is 0 Å². The number of hydrogen-bond donors (Lipinski definition) is 3. The lowest BCUT2D eigenvalue weighted by Crippen LogP contribution is -2.36. The third kappa shape index (κ3) is 5.36. The minimum Gasteiger partial charge on any atom is -0.497 e. The van der Waals surface area contributed by atoms with Crippen LogP contribution in [0, 0.1) is 6.92 Å². The third-order valence-corrected chi connectivity index (χ3v) is 5.28. The van der Waals surface area contributed by atoms with Gasteiger partial charge in [0, 0.05) is 37.0 Å². The first kappa shape index (κ1) is 21.6. The van der Waals surface area contributed by atoms with Gasteiger partial charge >= 0.3 is 0 Å². The number of anilines is 3. The minimum absolute atomic E-state index is 0.250. The summed E-state index contributed by atoms with van der Waals surface area (Å²) >= 11 is 0. The fourth-order valence-corrected chi connectivity index (χ4v) is 3.56. The molecule has 0 amide bonds. The van der Waals surface area contributed by atoms with Crippen LogP contribution in [0.25, 0.3) is 12.2 Å². The van der Waals surface area contributed by atoms with E-state index < -0.39 is 0 Å². The van der Waals surface area contributed by atoms with Gasteiger partial charge in [-0.2, -0.15) is 5.10 Å². The summed E-state index contributed by atoms with van der Waals surface area (Å²) in [4.78, 5) is 11.6. The van der Waals surface area contributed by atoms with E-state index in [0.29, 0.717) is 29.0 Å². The number of aliphatic hydroxyl groups is 1. The van der Waals surface area contributed by atoms with Gasteiger partial charge in [-0.25, -0.2) is 9.97 Å². The Labute approximate surface area is 187 Å². The van der Waals surface area contributed by atoms with Crippen molar-refractivity contribution >= 4 is 29.6 Å². The van der Waals surface area contributed by atoms with Crippen molar-refractivity contribution in [1.82, 2.24) is 20.2 Å². The van der Waals surface area contributed by atoms with E-state index in [-0.39, 0.29) is 6.10 Å². The Morgan fingerprint density at radius 3 is 2.34 bits per heavy atom. The van der Waals surface area contributed by atoms with Crippen LogP contribution in [0.15, 0.2) is 30.3 Å². The van der Waals surface area contributed by atoms with Crippen LogP contribution >= 0.6 is 0 Å². The predicted molar refractivity (Wildman–Crippen MR) is 125 cm³/mol. The summed E-state index contributed by atoms with van der Waals surface area (Å²) in [5.74, 6) is 4.13. The summed E-state index contributed by atoms with van der Waals surface area (Å²) in [6.07, 6.45) is 4.98. The number of methoxy groups -OCH3 is 2. The zero-order valence-corrected chi connectivity index (χ0v) is 18.5. The SMILES string of the molecule is COc1cc(/C=C/c2nc(Nc3cc(C)[nH]n3)cc(N3CCC(O)CC3)n2)cc(OC)c1. The van der Waals surface area contributed by atoms with Crippen molar-refractivity contribution in [3.8, 4) is 11.5 Å². The van der Waals surface area contributed by atoms with Crippen LogP contribution in [0.3, 0.4) is 0 Å². The predicted octanol–water partition coefficient (Wildman–Crippen LogP) is 3.40. The molecule has 1 aliphatic heterocycles. The maximum Gasteiger partial charge on any atom is 0.156 e. The summed E-state index contributed by atoms with van der Waals surface area (Å²) in [7, 11) is 3.25. The van der Waals surface area contributed by atoms with Crippen LogP contribution in [0.2, 0.25) is 0 Å². The van der Waals surface area contributed by atoms with Gasteiger partial charge in [-0.3, -0.25) is 5.10 Å². The fraction of sp³-hybridized carbons (Fsp3) is 0.348. The second kappa shape index (κ2) is 9.69. The number of aliphatic hydroxyl groups excluding tert-OH is 1. The van der Waals surface area contributed by atoms with Gasteiger partial charge in [0.25, 0.3) is 0 Å². The number of piperidine rings is 1. The Kier molecular flexibility index (Phi) is 6.55. The van der Waals surface area contributed by atoms with Gasteiger partial charge in [0.15, 0.2) is 11.6 Å². The molecule has 0 unspecified atom stereocenters. The van der Waals surface area contributed by atoms with Crippen molar-refractivity contribution in [2.24, 2.45) is 0 Å². The summed E-state index contributed by atoms with van der Waals surface area (Å²) in [5.41, 5.74) is 1.87. The molecule has 0 bridgehead atoms. The number of aromatic amines is 1. The Morgan fingerprint density at radius 2 is 1.72 bits per heavy atom. The molecule has 3 N–H and O–H groups in total. The number of aryl methyl sites for hydroxylation is 1. The number of nitrogens with zero attached hydrogens (tertiary/aromatic N) is 4. The van der Waals surface area contributed by atoms with Crippen LogP contribution in [0.5, 0.6) is 11.5 Å². The molecule has 0 aliphatic carbocycles. The highest BCUT2D eigenvalue weighted by Crippen LogP contribution is 2.25. The fourth-order valence-electron chi connectivity index (χ4n) is 3.56. The van der Waals surface area contributed by atoms with E-state index >= 15 is 0 Å². The summed E-state index contributed by atoms with van der Waals surface area (Å²) < 4.78 is 10.7. The Balaban J connectivity index is 1.64. The smallest absolute Gasteiger partial charge is 0.156 e. The molecule has 9 nitrogen and oxygen atoms in total. The number of benzene rings is 1. The minimum atomic E-state index is -0.250. The second-order valence-electron chi connectivity index (χ2n) is 7.73. The van der Waals surface area contributed by atoms with Gasteiger partial charge in [0.05, 0.1) is 20.3 Å². The lowest BCUT2D eigenvalue weighted by molar-refractivity contribution is 0.145. The molecule has 9 heteroatoms. The molecule has 1 fully saturated rings. The Bertz CT molecular complexity index is 1070. The zero-order chi connectivity index (χ0) is 22.5. The largest absolute Gasteiger partial charge is 0.497 e. The molecule has 0 saturated carbocycles. The maximum atomic E-state index is 9.86. The molecule has 2 aromatic heterocycles. The molecule has 3 heterocycles. The van der Waals surface area contributed by atoms with E-state index in [9.17, 15) is 5.11 Å². The van der Waals surface area contributed by atoms with Crippen molar-refractivity contribution < 1.29 is 14.6 Å². The van der Waals surface area contributed by atoms with Gasteiger partial charge in [-0.1, -0.05) is 6.08 Å². The van der Waals surface area contributed by atoms with Crippen molar-refractivity contribution in [1.29, 1.82) is 0 Å². The topological polar surface area (TPSA) is 108 Å². The van der Waals surface area contributed by atoms with Crippen LogP contribution < -0.4 is 19.7 Å². The highest BCUT2D eigenvalue weighted by Gasteiger charge is 2.19. The summed E-state index contributed by atoms with van der Waals surface area (Å²) in [6.45, 7) is 3.43. The monoisotopic (exact) mass is 436 g/mol. The molecule has 0 radical (unpaired) electrons. The third-order valence-electron chi connectivity index (χ3n) is 5.28. The number of aromatic nitrogens is 4. The second-order valence-corrected chi connectivity index (χ2v) is 7.73. The van der Waals surface area contributed by atoms with E-state index in [1.54, 1.807) is 14.2 Å². The van der Waals surface area contributed by atoms with Crippen molar-refractivity contribution in [3.63, 3.8) is 0 Å². The Morgan fingerprint density at radius 1 is 1.00 bits per heavy atom. The average molecular weight is 437 g/mol. The number of nitrogens with one attached hydrogen (secondary N) is 2. The Hall–Kier alpha value is -3.59. The highest BCUT2D eigenvalue weighted by molar-refractivity contribution is 5.70. The first-order valence-corrected chi connectivity index (χ1v) is 10.5. The van der Waals surface area contributed by atoms with Crippen molar-refractivity contribution in [2.45, 2.75) is 25.9 Å². The molecule has 4 rings (SSSR count). The van der Waals surface area contributed by atoms with Crippen LogP contribution in [-0.2, 0) is 0 Å². The van der Waals surface area contributed by atoms with E-state index in [1.165, 1.54) is 0 Å². The molecule has 0 atom stereocenters. The van der Waals surface area contributed by atoms with Crippen molar-refractivity contribution in [2.75, 3.05) is 37.5 Å². The molecular weight excluding hydrogens is 408 g/mol. The molecule has 1 aliphatic rings. The van der Waals surface area contributed by atoms with E-state index in [2.05, 4.69) is 25.4 Å². The number of ether oxygens (including phenoxy) is 2. The molecule has 1 saturated heterocycles. The van der Waals surface area contributed by atoms with Gasteiger partial charge in [-0.15, -0.1) is 0 Å². The summed E-state index contributed by atoms with van der Waals surface area (Å²) in [6, 6.07) is 9.49. The molecule has 0 spiro atoms. The number of hydrogen-bond acceptors (Lipinski definition) is 8. The standard InChI is InChI=1S/C23H28N6O3/c1-15-10-22(28-27-15)25-21-14-23(29-8-6-17(30)7-9-29)26-20(24-21)5-4-16-11-18(31-2)13-19(12-16)32-3/h4-5,10-14,17,30H,6-9H2,1-3H3,(H2,24,25,26,27,28)/b5-4+. The molecule has 1 aromatic carbocycles. The average Bonchev–Trinajstić information content (AvgIpc) is 3.22. The summed E-state index contributed by atoms with van der Waals surface area (Å²) in [5, 5.41) is 20.3. The van der Waals surface area contributed by atoms with E-state index in [4.69, 9.17) is 14.5 Å². The highest BCUT2D eigenvalue weighted by atomic mass is 16.5. The van der Waals surface area contributed by atoms with Crippen LogP contribution in [0.1, 0.15) is 29.9 Å². The first-order chi connectivity index (χ1) is 15.5. The van der Waals surface area contributed by atoms with Crippen LogP contribution in [-0.4, -0.2) is 58.7 Å². The van der Waals surface area contributed by atoms with E-state index in [0.717, 1.165) is 43.0 Å². The normalized spacial score (nSPS) is 14.7. The van der Waals surface area contributed by atoms with Gasteiger partial charge < -0.3 is 24.8 Å². The first-order valence-electron chi connectivity index (χ1n) is 10.5. The zero-order valence-electron chi connectivity index (χ0n) is 18.5. The molecule has 168 valence electrons. The van der Waals surface area contributed by atoms with Crippen molar-refractivity contribution in [3.05, 3.63) is 47.4 Å². The lowest BCUT2D eigenvalue weighted by atomic mass is 10.1. The van der Waals surface area contributed by atoms with Gasteiger partial charge in [0.1, 0.15) is 23.1 Å². The number of rotatable bonds is 7. The lowest BCUT2D eigenvalue weighted by Gasteiger charge is -2.30.